The lowest BCUT2D eigenvalue weighted by molar-refractivity contribution is -0.126. The fourth-order valence-corrected chi connectivity index (χ4v) is 2.16. The summed E-state index contributed by atoms with van der Waals surface area (Å²) >= 11 is 12.1. The van der Waals surface area contributed by atoms with Crippen molar-refractivity contribution in [3.05, 3.63) is 33.8 Å². The molecule has 0 unspecified atom stereocenters. The Morgan fingerprint density at radius 1 is 1.18 bits per heavy atom. The molecule has 0 fully saturated rings. The van der Waals surface area contributed by atoms with E-state index < -0.39 is 0 Å². The van der Waals surface area contributed by atoms with E-state index in [1.807, 2.05) is 39.0 Å². The van der Waals surface area contributed by atoms with Gasteiger partial charge in [0.1, 0.15) is 5.78 Å². The molecule has 0 saturated heterocycles. The summed E-state index contributed by atoms with van der Waals surface area (Å²) in [7, 11) is 0. The van der Waals surface area contributed by atoms with Gasteiger partial charge in [0, 0.05) is 21.9 Å². The second-order valence-corrected chi connectivity index (χ2v) is 6.04. The molecular formula is C14H18Cl2O. The Balaban J connectivity index is 2.55. The van der Waals surface area contributed by atoms with E-state index in [2.05, 4.69) is 0 Å². The topological polar surface area (TPSA) is 17.1 Å². The van der Waals surface area contributed by atoms with E-state index >= 15 is 0 Å². The SMILES string of the molecule is CC(C)(C)C(=O)CCCc1c(Cl)cccc1Cl. The monoisotopic (exact) mass is 272 g/mol. The molecule has 1 aromatic rings. The van der Waals surface area contributed by atoms with Gasteiger partial charge in [0.25, 0.3) is 0 Å². The van der Waals surface area contributed by atoms with Crippen LogP contribution in [-0.4, -0.2) is 5.78 Å². The molecule has 0 atom stereocenters. The Morgan fingerprint density at radius 3 is 2.18 bits per heavy atom. The van der Waals surface area contributed by atoms with E-state index in [1.165, 1.54) is 0 Å². The predicted molar refractivity (Wildman–Crippen MR) is 73.9 cm³/mol. The van der Waals surface area contributed by atoms with Crippen LogP contribution in [0.4, 0.5) is 0 Å². The second-order valence-electron chi connectivity index (χ2n) is 5.23. The minimum atomic E-state index is -0.260. The van der Waals surface area contributed by atoms with E-state index in [-0.39, 0.29) is 11.2 Å². The van der Waals surface area contributed by atoms with Gasteiger partial charge >= 0.3 is 0 Å². The van der Waals surface area contributed by atoms with Crippen molar-refractivity contribution in [3.63, 3.8) is 0 Å². The molecule has 17 heavy (non-hydrogen) atoms. The highest BCUT2D eigenvalue weighted by Crippen LogP contribution is 2.26. The van der Waals surface area contributed by atoms with Gasteiger partial charge in [-0.25, -0.2) is 0 Å². The third-order valence-corrected chi connectivity index (χ3v) is 3.44. The van der Waals surface area contributed by atoms with Gasteiger partial charge in [-0.3, -0.25) is 4.79 Å². The van der Waals surface area contributed by atoms with Gasteiger partial charge in [0.15, 0.2) is 0 Å². The molecule has 0 aromatic heterocycles. The number of hydrogen-bond acceptors (Lipinski definition) is 1. The van der Waals surface area contributed by atoms with Gasteiger partial charge in [-0.15, -0.1) is 0 Å². The first-order valence-electron chi connectivity index (χ1n) is 5.78. The summed E-state index contributed by atoms with van der Waals surface area (Å²) in [6, 6.07) is 5.48. The van der Waals surface area contributed by atoms with Crippen LogP contribution < -0.4 is 0 Å². The predicted octanol–water partition coefficient (Wildman–Crippen LogP) is 4.93. The number of carbonyl (C=O) groups excluding carboxylic acids is 1. The third kappa shape index (κ3) is 4.33. The highest BCUT2D eigenvalue weighted by molar-refractivity contribution is 6.35. The van der Waals surface area contributed by atoms with E-state index in [0.29, 0.717) is 16.5 Å². The summed E-state index contributed by atoms with van der Waals surface area (Å²) in [6.07, 6.45) is 2.12. The molecule has 0 heterocycles. The number of carbonyl (C=O) groups is 1. The molecule has 0 spiro atoms. The summed E-state index contributed by atoms with van der Waals surface area (Å²) in [5.41, 5.74) is 0.683. The maximum Gasteiger partial charge on any atom is 0.138 e. The standard InChI is InChI=1S/C14H18Cl2O/c1-14(2,3)13(17)9-4-6-10-11(15)7-5-8-12(10)16/h5,7-8H,4,6,9H2,1-3H3. The fourth-order valence-electron chi connectivity index (χ4n) is 1.57. The lowest BCUT2D eigenvalue weighted by Crippen LogP contribution is -2.19. The molecule has 1 aromatic carbocycles. The molecule has 3 heteroatoms. The van der Waals surface area contributed by atoms with Crippen LogP contribution in [0.5, 0.6) is 0 Å². The Labute approximate surface area is 113 Å². The number of Topliss-reactive ketones (excluding diaryl/α,β-unsaturated/α-hetero) is 1. The Hall–Kier alpha value is -0.530. The Bertz CT molecular complexity index is 385. The third-order valence-electron chi connectivity index (χ3n) is 2.73. The number of hydrogen-bond donors (Lipinski definition) is 0. The Morgan fingerprint density at radius 2 is 1.71 bits per heavy atom. The van der Waals surface area contributed by atoms with Crippen LogP contribution in [0, 0.1) is 5.41 Å². The average molecular weight is 273 g/mol. The summed E-state index contributed by atoms with van der Waals surface area (Å²) in [4.78, 5) is 11.8. The fraction of sp³-hybridized carbons (Fsp3) is 0.500. The zero-order valence-corrected chi connectivity index (χ0v) is 12.0. The van der Waals surface area contributed by atoms with Gasteiger partial charge in [0.05, 0.1) is 0 Å². The van der Waals surface area contributed by atoms with Crippen molar-refractivity contribution < 1.29 is 4.79 Å². The minimum absolute atomic E-state index is 0.260. The van der Waals surface area contributed by atoms with Crippen LogP contribution in [0.2, 0.25) is 10.0 Å². The van der Waals surface area contributed by atoms with Gasteiger partial charge in [-0.2, -0.15) is 0 Å². The molecule has 0 amide bonds. The normalized spacial score (nSPS) is 11.6. The van der Waals surface area contributed by atoms with E-state index in [9.17, 15) is 4.79 Å². The molecule has 0 aliphatic carbocycles. The van der Waals surface area contributed by atoms with Crippen LogP contribution in [0.3, 0.4) is 0 Å². The Kier molecular flexibility index (Phi) is 5.03. The zero-order valence-electron chi connectivity index (χ0n) is 10.5. The maximum absolute atomic E-state index is 11.8. The molecule has 0 radical (unpaired) electrons. The second kappa shape index (κ2) is 5.88. The highest BCUT2D eigenvalue weighted by atomic mass is 35.5. The van der Waals surface area contributed by atoms with Gasteiger partial charge in [0.2, 0.25) is 0 Å². The van der Waals surface area contributed by atoms with E-state index in [0.717, 1.165) is 18.4 Å². The van der Waals surface area contributed by atoms with Crippen molar-refractivity contribution in [2.45, 2.75) is 40.0 Å². The lowest BCUT2D eigenvalue weighted by atomic mass is 9.87. The molecule has 0 aliphatic rings. The summed E-state index contributed by atoms with van der Waals surface area (Å²) in [5, 5.41) is 1.36. The van der Waals surface area contributed by atoms with Crippen molar-refractivity contribution in [1.29, 1.82) is 0 Å². The first kappa shape index (κ1) is 14.5. The van der Waals surface area contributed by atoms with Crippen LogP contribution in [0.15, 0.2) is 18.2 Å². The van der Waals surface area contributed by atoms with Crippen molar-refractivity contribution in [3.8, 4) is 0 Å². The zero-order chi connectivity index (χ0) is 13.1. The molecule has 1 nitrogen and oxygen atoms in total. The number of ketones is 1. The van der Waals surface area contributed by atoms with Crippen LogP contribution >= 0.6 is 23.2 Å². The van der Waals surface area contributed by atoms with Crippen molar-refractivity contribution in [2.24, 2.45) is 5.41 Å². The number of benzene rings is 1. The summed E-state index contributed by atoms with van der Waals surface area (Å²) in [5.74, 6) is 0.278. The summed E-state index contributed by atoms with van der Waals surface area (Å²) < 4.78 is 0. The first-order valence-corrected chi connectivity index (χ1v) is 6.54. The lowest BCUT2D eigenvalue weighted by Gasteiger charge is -2.16. The van der Waals surface area contributed by atoms with E-state index in [4.69, 9.17) is 23.2 Å². The average Bonchev–Trinajstić information content (AvgIpc) is 2.20. The molecule has 0 N–H and O–H groups in total. The molecular weight excluding hydrogens is 255 g/mol. The number of rotatable bonds is 4. The van der Waals surface area contributed by atoms with Gasteiger partial charge in [-0.05, 0) is 30.5 Å². The highest BCUT2D eigenvalue weighted by Gasteiger charge is 2.20. The molecule has 94 valence electrons. The number of halogens is 2. The van der Waals surface area contributed by atoms with Gasteiger partial charge in [-0.1, -0.05) is 50.0 Å². The quantitative estimate of drug-likeness (QED) is 0.760. The van der Waals surface area contributed by atoms with E-state index in [1.54, 1.807) is 0 Å². The molecule has 0 bridgehead atoms. The van der Waals surface area contributed by atoms with Crippen LogP contribution in [0.25, 0.3) is 0 Å². The molecule has 1 rings (SSSR count). The largest absolute Gasteiger partial charge is 0.299 e. The first-order chi connectivity index (χ1) is 7.82. The van der Waals surface area contributed by atoms with Crippen LogP contribution in [0.1, 0.15) is 39.2 Å². The molecule has 0 saturated carbocycles. The molecule has 0 aliphatic heterocycles. The van der Waals surface area contributed by atoms with Crippen molar-refractivity contribution in [2.75, 3.05) is 0 Å². The van der Waals surface area contributed by atoms with Crippen molar-refractivity contribution >= 4 is 29.0 Å². The smallest absolute Gasteiger partial charge is 0.138 e. The van der Waals surface area contributed by atoms with Gasteiger partial charge < -0.3 is 0 Å². The minimum Gasteiger partial charge on any atom is -0.299 e. The van der Waals surface area contributed by atoms with Crippen LogP contribution in [-0.2, 0) is 11.2 Å². The summed E-state index contributed by atoms with van der Waals surface area (Å²) in [6.45, 7) is 5.83. The maximum atomic E-state index is 11.8. The van der Waals surface area contributed by atoms with Crippen molar-refractivity contribution in [1.82, 2.24) is 0 Å².